The van der Waals surface area contributed by atoms with Crippen molar-refractivity contribution in [2.75, 3.05) is 34.4 Å². The van der Waals surface area contributed by atoms with E-state index in [4.69, 9.17) is 9.47 Å². The summed E-state index contributed by atoms with van der Waals surface area (Å²) in [6, 6.07) is 10.0. The fourth-order valence-electron chi connectivity index (χ4n) is 4.55. The summed E-state index contributed by atoms with van der Waals surface area (Å²) in [7, 11) is 7.56. The third-order valence-corrected chi connectivity index (χ3v) is 6.61. The number of pyridine rings is 1. The van der Waals surface area contributed by atoms with Crippen molar-refractivity contribution in [3.8, 4) is 17.0 Å². The number of ether oxygens (including phenoxy) is 2. The Labute approximate surface area is 197 Å². The van der Waals surface area contributed by atoms with Crippen molar-refractivity contribution < 1.29 is 9.47 Å². The van der Waals surface area contributed by atoms with Crippen molar-refractivity contribution in [2.24, 2.45) is 7.05 Å². The quantitative estimate of drug-likeness (QED) is 0.372. The number of fused-ring (bicyclic) bond motifs is 3. The number of aryl methyl sites for hydroxylation is 1. The number of hydrogen-bond acceptors (Lipinski definition) is 7. The zero-order valence-electron chi connectivity index (χ0n) is 20.1. The van der Waals surface area contributed by atoms with Gasteiger partial charge in [0, 0.05) is 50.0 Å². The second kappa shape index (κ2) is 9.15. The van der Waals surface area contributed by atoms with E-state index in [1.165, 1.54) is 0 Å². The minimum atomic E-state index is -0.0702. The molecule has 0 amide bonds. The number of imidazole rings is 1. The van der Waals surface area contributed by atoms with E-state index < -0.39 is 0 Å². The van der Waals surface area contributed by atoms with Crippen LogP contribution in [0.25, 0.3) is 33.2 Å². The predicted molar refractivity (Wildman–Crippen MR) is 131 cm³/mol. The highest BCUT2D eigenvalue weighted by molar-refractivity contribution is 6.02. The monoisotopic (exact) mass is 462 g/mol. The molecular weight excluding hydrogens is 432 g/mol. The zero-order chi connectivity index (χ0) is 23.8. The summed E-state index contributed by atoms with van der Waals surface area (Å²) in [6.45, 7) is 1.61. The van der Waals surface area contributed by atoms with Gasteiger partial charge in [0.25, 0.3) is 0 Å². The molecule has 34 heavy (non-hydrogen) atoms. The van der Waals surface area contributed by atoms with Gasteiger partial charge in [-0.05, 0) is 57.1 Å². The fourth-order valence-corrected chi connectivity index (χ4v) is 4.55. The molecule has 3 heterocycles. The maximum absolute atomic E-state index is 13.1. The Morgan fingerprint density at radius 2 is 1.91 bits per heavy atom. The van der Waals surface area contributed by atoms with E-state index >= 15 is 0 Å². The van der Waals surface area contributed by atoms with Crippen LogP contribution in [0.2, 0.25) is 0 Å². The van der Waals surface area contributed by atoms with Crippen molar-refractivity contribution >= 4 is 22.1 Å². The highest BCUT2D eigenvalue weighted by Gasteiger charge is 2.34. The summed E-state index contributed by atoms with van der Waals surface area (Å²) < 4.78 is 14.7. The van der Waals surface area contributed by atoms with Crippen LogP contribution in [0, 0.1) is 0 Å². The minimum Gasteiger partial charge on any atom is -0.478 e. The molecule has 0 unspecified atom stereocenters. The van der Waals surface area contributed by atoms with Crippen LogP contribution in [0.4, 0.5) is 0 Å². The third-order valence-electron chi connectivity index (χ3n) is 6.61. The summed E-state index contributed by atoms with van der Waals surface area (Å²) in [4.78, 5) is 19.7. The van der Waals surface area contributed by atoms with Crippen LogP contribution in [0.1, 0.15) is 25.3 Å². The number of aromatic nitrogens is 5. The first-order valence-electron chi connectivity index (χ1n) is 11.6. The molecule has 1 fully saturated rings. The highest BCUT2D eigenvalue weighted by atomic mass is 16.5. The van der Waals surface area contributed by atoms with Crippen molar-refractivity contribution in [1.29, 1.82) is 0 Å². The molecule has 9 nitrogen and oxygen atoms in total. The number of hydrogen-bond donors (Lipinski definition) is 0. The van der Waals surface area contributed by atoms with Crippen LogP contribution in [0.5, 0.6) is 5.88 Å². The summed E-state index contributed by atoms with van der Waals surface area (Å²) in [6.07, 6.45) is 4.60. The first-order valence-corrected chi connectivity index (χ1v) is 11.6. The van der Waals surface area contributed by atoms with Gasteiger partial charge in [0.15, 0.2) is 5.65 Å². The molecule has 1 aromatic carbocycles. The average molecular weight is 463 g/mol. The van der Waals surface area contributed by atoms with E-state index in [2.05, 4.69) is 26.1 Å². The normalized spacial score (nSPS) is 18.0. The Hall–Kier alpha value is -3.30. The number of nitrogens with zero attached hydrogens (tertiary/aromatic N) is 6. The Morgan fingerprint density at radius 1 is 1.12 bits per heavy atom. The zero-order valence-corrected chi connectivity index (χ0v) is 20.1. The molecule has 178 valence electrons. The van der Waals surface area contributed by atoms with E-state index in [1.807, 2.05) is 49.1 Å². The predicted octanol–water partition coefficient (Wildman–Crippen LogP) is 3.03. The largest absolute Gasteiger partial charge is 0.478 e. The Bertz CT molecular complexity index is 1370. The molecule has 0 N–H and O–H groups in total. The van der Waals surface area contributed by atoms with Gasteiger partial charge in [-0.15, -0.1) is 10.2 Å². The molecule has 1 aliphatic carbocycles. The van der Waals surface area contributed by atoms with Gasteiger partial charge in [0.2, 0.25) is 5.88 Å². The molecule has 0 atom stereocenters. The Morgan fingerprint density at radius 3 is 2.62 bits per heavy atom. The van der Waals surface area contributed by atoms with Crippen LogP contribution < -0.4 is 10.4 Å². The van der Waals surface area contributed by atoms with Gasteiger partial charge in [0.05, 0.1) is 18.2 Å². The van der Waals surface area contributed by atoms with Gasteiger partial charge in [0.1, 0.15) is 5.52 Å². The lowest BCUT2D eigenvalue weighted by Crippen LogP contribution is -2.37. The Kier molecular flexibility index (Phi) is 6.05. The molecule has 1 saturated carbocycles. The maximum Gasteiger partial charge on any atom is 0.330 e. The van der Waals surface area contributed by atoms with Gasteiger partial charge < -0.3 is 14.4 Å². The average Bonchev–Trinajstić information content (AvgIpc) is 3.07. The topological polar surface area (TPSA) is 87.3 Å². The van der Waals surface area contributed by atoms with Crippen molar-refractivity contribution in [1.82, 2.24) is 29.2 Å². The lowest BCUT2D eigenvalue weighted by molar-refractivity contribution is 0.00635. The lowest BCUT2D eigenvalue weighted by Gasteiger charge is -2.34. The minimum absolute atomic E-state index is 0.0702. The lowest BCUT2D eigenvalue weighted by atomic mass is 9.89. The van der Waals surface area contributed by atoms with E-state index in [1.54, 1.807) is 18.7 Å². The smallest absolute Gasteiger partial charge is 0.330 e. The van der Waals surface area contributed by atoms with Crippen LogP contribution in [0.3, 0.4) is 0 Å². The SMILES string of the molecule is CO[C@H]1C[C@H](n2c(=O)n(C)c3nnc4ccc(-c5ccc(OCCCN(C)C)nc5)cc4c32)C1. The molecule has 0 aliphatic heterocycles. The van der Waals surface area contributed by atoms with E-state index in [0.717, 1.165) is 53.4 Å². The molecule has 4 aromatic rings. The molecular formula is C25H30N6O3. The molecule has 0 radical (unpaired) electrons. The summed E-state index contributed by atoms with van der Waals surface area (Å²) in [5, 5.41) is 9.64. The van der Waals surface area contributed by atoms with Crippen molar-refractivity contribution in [3.05, 3.63) is 47.0 Å². The molecule has 9 heteroatoms. The van der Waals surface area contributed by atoms with Crippen LogP contribution in [0.15, 0.2) is 41.3 Å². The molecule has 5 rings (SSSR count). The molecule has 1 aliphatic rings. The third kappa shape index (κ3) is 4.05. The number of rotatable bonds is 8. The van der Waals surface area contributed by atoms with Gasteiger partial charge >= 0.3 is 5.69 Å². The van der Waals surface area contributed by atoms with E-state index in [0.29, 0.717) is 18.1 Å². The molecule has 0 saturated heterocycles. The summed E-state index contributed by atoms with van der Waals surface area (Å²) in [5.74, 6) is 0.617. The Balaban J connectivity index is 1.48. The maximum atomic E-state index is 13.1. The molecule has 0 spiro atoms. The fraction of sp³-hybridized carbons (Fsp3) is 0.440. The van der Waals surface area contributed by atoms with Gasteiger partial charge in [-0.2, -0.15) is 0 Å². The first kappa shape index (κ1) is 22.5. The van der Waals surface area contributed by atoms with Gasteiger partial charge in [-0.1, -0.05) is 6.07 Å². The second-order valence-corrected chi connectivity index (χ2v) is 9.19. The van der Waals surface area contributed by atoms with Crippen LogP contribution in [-0.2, 0) is 11.8 Å². The van der Waals surface area contributed by atoms with Gasteiger partial charge in [-0.3, -0.25) is 9.13 Å². The molecule has 0 bridgehead atoms. The van der Waals surface area contributed by atoms with Crippen LogP contribution in [-0.4, -0.2) is 69.7 Å². The number of methoxy groups -OCH3 is 1. The highest BCUT2D eigenvalue weighted by Crippen LogP contribution is 2.37. The summed E-state index contributed by atoms with van der Waals surface area (Å²) >= 11 is 0. The molecule has 3 aromatic heterocycles. The number of benzene rings is 1. The standard InChI is InChI=1S/C25H30N6O3/c1-29(2)10-5-11-34-22-9-7-17(15-26-22)16-6-8-21-20(12-16)23-24(28-27-21)30(3)25(32)31(23)18-13-19(14-18)33-4/h6-9,12,15,18-19H,5,10-11,13-14H2,1-4H3/t18-,19-. The van der Waals surface area contributed by atoms with Crippen LogP contribution >= 0.6 is 0 Å². The first-order chi connectivity index (χ1) is 16.5. The van der Waals surface area contributed by atoms with Crippen molar-refractivity contribution in [3.63, 3.8) is 0 Å². The van der Waals surface area contributed by atoms with E-state index in [9.17, 15) is 4.79 Å². The van der Waals surface area contributed by atoms with E-state index in [-0.39, 0.29) is 17.8 Å². The summed E-state index contributed by atoms with van der Waals surface area (Å²) in [5.41, 5.74) is 4.08. The van der Waals surface area contributed by atoms with Crippen molar-refractivity contribution in [2.45, 2.75) is 31.4 Å². The second-order valence-electron chi connectivity index (χ2n) is 9.19. The van der Waals surface area contributed by atoms with Gasteiger partial charge in [-0.25, -0.2) is 9.78 Å².